The van der Waals surface area contributed by atoms with Crippen molar-refractivity contribution in [3.8, 4) is 0 Å². The van der Waals surface area contributed by atoms with Crippen molar-refractivity contribution in [3.05, 3.63) is 52.0 Å². The van der Waals surface area contributed by atoms with Gasteiger partial charge in [-0.2, -0.15) is 0 Å². The molecule has 106 valence electrons. The third-order valence-corrected chi connectivity index (χ3v) is 4.22. The van der Waals surface area contributed by atoms with Crippen LogP contribution >= 0.6 is 11.3 Å². The van der Waals surface area contributed by atoms with Crippen LogP contribution in [0, 0.1) is 0 Å². The van der Waals surface area contributed by atoms with Crippen molar-refractivity contribution >= 4 is 17.2 Å². The van der Waals surface area contributed by atoms with Crippen LogP contribution in [0.4, 0.5) is 0 Å². The summed E-state index contributed by atoms with van der Waals surface area (Å²) in [5.41, 5.74) is 7.12. The number of aromatic nitrogens is 1. The molecule has 2 N–H and O–H groups in total. The maximum Gasteiger partial charge on any atom is 0.273 e. The lowest BCUT2D eigenvalue weighted by Crippen LogP contribution is -2.29. The van der Waals surface area contributed by atoms with Gasteiger partial charge in [-0.25, -0.2) is 4.98 Å². The van der Waals surface area contributed by atoms with Gasteiger partial charge in [-0.3, -0.25) is 4.79 Å². The molecule has 0 aliphatic rings. The van der Waals surface area contributed by atoms with Gasteiger partial charge in [0.25, 0.3) is 5.91 Å². The van der Waals surface area contributed by atoms with Crippen LogP contribution in [0.1, 0.15) is 34.0 Å². The molecule has 1 atom stereocenters. The van der Waals surface area contributed by atoms with Gasteiger partial charge in [0, 0.05) is 18.8 Å². The van der Waals surface area contributed by atoms with Gasteiger partial charge in [-0.15, -0.1) is 11.3 Å². The molecule has 1 heterocycles. The molecule has 0 spiro atoms. The van der Waals surface area contributed by atoms with E-state index in [-0.39, 0.29) is 11.9 Å². The third kappa shape index (κ3) is 3.23. The molecule has 0 saturated heterocycles. The summed E-state index contributed by atoms with van der Waals surface area (Å²) in [6, 6.07) is 9.99. The number of hydrogen-bond donors (Lipinski definition) is 1. The van der Waals surface area contributed by atoms with Crippen molar-refractivity contribution in [3.63, 3.8) is 0 Å². The molecule has 1 aromatic heterocycles. The van der Waals surface area contributed by atoms with E-state index < -0.39 is 0 Å². The van der Waals surface area contributed by atoms with Gasteiger partial charge in [-0.05, 0) is 19.0 Å². The van der Waals surface area contributed by atoms with E-state index in [9.17, 15) is 4.79 Å². The Hall–Kier alpha value is -1.72. The Morgan fingerprint density at radius 3 is 2.75 bits per heavy atom. The topological polar surface area (TPSA) is 59.2 Å². The number of nitrogens with two attached hydrogens (primary N) is 1. The molecule has 20 heavy (non-hydrogen) atoms. The van der Waals surface area contributed by atoms with E-state index in [1.165, 1.54) is 11.3 Å². The number of carbonyl (C=O) groups is 1. The first-order chi connectivity index (χ1) is 9.63. The Morgan fingerprint density at radius 2 is 2.10 bits per heavy atom. The summed E-state index contributed by atoms with van der Waals surface area (Å²) >= 11 is 1.49. The second-order valence-corrected chi connectivity index (χ2v) is 5.61. The third-order valence-electron chi connectivity index (χ3n) is 3.31. The zero-order valence-electron chi connectivity index (χ0n) is 11.7. The van der Waals surface area contributed by atoms with Crippen LogP contribution in [-0.2, 0) is 6.42 Å². The van der Waals surface area contributed by atoms with Gasteiger partial charge in [0.2, 0.25) is 0 Å². The molecule has 4 nitrogen and oxygen atoms in total. The summed E-state index contributed by atoms with van der Waals surface area (Å²) in [5, 5.41) is 2.72. The van der Waals surface area contributed by atoms with Gasteiger partial charge in [0.05, 0.1) is 11.0 Å². The van der Waals surface area contributed by atoms with E-state index in [1.807, 2.05) is 49.7 Å². The monoisotopic (exact) mass is 289 g/mol. The molecule has 1 unspecified atom stereocenters. The molecule has 2 aromatic rings. The fraction of sp³-hybridized carbons (Fsp3) is 0.333. The second kappa shape index (κ2) is 6.63. The van der Waals surface area contributed by atoms with Gasteiger partial charge in [-0.1, -0.05) is 30.3 Å². The minimum Gasteiger partial charge on any atom is -0.334 e. The van der Waals surface area contributed by atoms with E-state index in [2.05, 4.69) is 4.98 Å². The van der Waals surface area contributed by atoms with Crippen LogP contribution in [0.3, 0.4) is 0 Å². The predicted molar refractivity (Wildman–Crippen MR) is 81.8 cm³/mol. The summed E-state index contributed by atoms with van der Waals surface area (Å²) in [4.78, 5) is 18.5. The molecule has 1 aromatic carbocycles. The average molecular weight is 289 g/mol. The summed E-state index contributed by atoms with van der Waals surface area (Å²) in [7, 11) is 1.81. The first-order valence-corrected chi connectivity index (χ1v) is 7.48. The van der Waals surface area contributed by atoms with E-state index in [0.717, 1.165) is 17.0 Å². The fourth-order valence-electron chi connectivity index (χ4n) is 1.96. The molecule has 0 radical (unpaired) electrons. The van der Waals surface area contributed by atoms with Crippen LogP contribution in [-0.4, -0.2) is 29.4 Å². The van der Waals surface area contributed by atoms with Crippen LogP contribution in [0.5, 0.6) is 0 Å². The van der Waals surface area contributed by atoms with Gasteiger partial charge in [0.1, 0.15) is 5.69 Å². The van der Waals surface area contributed by atoms with E-state index in [4.69, 9.17) is 5.73 Å². The largest absolute Gasteiger partial charge is 0.334 e. The molecule has 0 aliphatic heterocycles. The molecule has 2 rings (SSSR count). The van der Waals surface area contributed by atoms with Crippen molar-refractivity contribution in [1.82, 2.24) is 9.88 Å². The lowest BCUT2D eigenvalue weighted by Gasteiger charge is -2.24. The Labute approximate surface area is 123 Å². The normalized spacial score (nSPS) is 12.2. The number of nitrogens with zero attached hydrogens (tertiary/aromatic N) is 2. The van der Waals surface area contributed by atoms with E-state index in [1.54, 1.807) is 4.90 Å². The van der Waals surface area contributed by atoms with Crippen molar-refractivity contribution in [2.45, 2.75) is 19.4 Å². The van der Waals surface area contributed by atoms with Crippen LogP contribution in [0.2, 0.25) is 0 Å². The number of amides is 1. The average Bonchev–Trinajstić information content (AvgIpc) is 2.95. The Bertz CT molecular complexity index is 568. The first kappa shape index (κ1) is 14.7. The summed E-state index contributed by atoms with van der Waals surface area (Å²) in [6.45, 7) is 2.57. The number of benzene rings is 1. The quantitative estimate of drug-likeness (QED) is 0.920. The Kier molecular flexibility index (Phi) is 4.87. The van der Waals surface area contributed by atoms with Crippen LogP contribution in [0.15, 0.2) is 35.7 Å². The van der Waals surface area contributed by atoms with Crippen molar-refractivity contribution in [1.29, 1.82) is 0 Å². The molecule has 1 amide bonds. The number of carbonyl (C=O) groups excluding carboxylic acids is 1. The standard InChI is InChI=1S/C15H19N3OS/c1-11(12-6-4-3-5-7-12)18(2)15(19)13-10-20-14(17-13)8-9-16/h3-7,10-11H,8-9,16H2,1-2H3. The number of rotatable bonds is 5. The molecule has 0 saturated carbocycles. The highest BCUT2D eigenvalue weighted by Gasteiger charge is 2.20. The zero-order chi connectivity index (χ0) is 14.5. The highest BCUT2D eigenvalue weighted by Crippen LogP contribution is 2.21. The molecule has 0 bridgehead atoms. The van der Waals surface area contributed by atoms with E-state index >= 15 is 0 Å². The maximum absolute atomic E-state index is 12.4. The molecular weight excluding hydrogens is 270 g/mol. The maximum atomic E-state index is 12.4. The minimum absolute atomic E-state index is 0.0170. The second-order valence-electron chi connectivity index (χ2n) is 4.67. The SMILES string of the molecule is CC(c1ccccc1)N(C)C(=O)c1csc(CCN)n1. The van der Waals surface area contributed by atoms with Crippen molar-refractivity contribution in [2.75, 3.05) is 13.6 Å². The summed E-state index contributed by atoms with van der Waals surface area (Å²) in [5.74, 6) is -0.0547. The summed E-state index contributed by atoms with van der Waals surface area (Å²) < 4.78 is 0. The lowest BCUT2D eigenvalue weighted by molar-refractivity contribution is 0.0737. The van der Waals surface area contributed by atoms with Gasteiger partial charge < -0.3 is 10.6 Å². The minimum atomic E-state index is -0.0547. The zero-order valence-corrected chi connectivity index (χ0v) is 12.6. The fourth-order valence-corrected chi connectivity index (χ4v) is 2.75. The van der Waals surface area contributed by atoms with Crippen LogP contribution in [0.25, 0.3) is 0 Å². The molecule has 5 heteroatoms. The molecule has 0 aliphatic carbocycles. The molecule has 0 fully saturated rings. The Balaban J connectivity index is 2.11. The highest BCUT2D eigenvalue weighted by atomic mass is 32.1. The first-order valence-electron chi connectivity index (χ1n) is 6.60. The predicted octanol–water partition coefficient (Wildman–Crippen LogP) is 2.48. The van der Waals surface area contributed by atoms with Crippen LogP contribution < -0.4 is 5.73 Å². The highest BCUT2D eigenvalue weighted by molar-refractivity contribution is 7.09. The number of thiazole rings is 1. The van der Waals surface area contributed by atoms with E-state index in [0.29, 0.717) is 12.2 Å². The summed E-state index contributed by atoms with van der Waals surface area (Å²) in [6.07, 6.45) is 0.718. The molecular formula is C15H19N3OS. The Morgan fingerprint density at radius 1 is 1.40 bits per heavy atom. The number of hydrogen-bond acceptors (Lipinski definition) is 4. The van der Waals surface area contributed by atoms with Crippen molar-refractivity contribution in [2.24, 2.45) is 5.73 Å². The van der Waals surface area contributed by atoms with Crippen molar-refractivity contribution < 1.29 is 4.79 Å². The lowest BCUT2D eigenvalue weighted by atomic mass is 10.1. The van der Waals surface area contributed by atoms with Gasteiger partial charge >= 0.3 is 0 Å². The van der Waals surface area contributed by atoms with Gasteiger partial charge in [0.15, 0.2) is 0 Å². The smallest absolute Gasteiger partial charge is 0.273 e.